The molecule has 7 saturated heterocycles. The zero-order valence-corrected chi connectivity index (χ0v) is 82.9. The highest BCUT2D eigenvalue weighted by atomic mass is 35.5. The Morgan fingerprint density at radius 2 is 0.879 bits per heavy atom. The van der Waals surface area contributed by atoms with E-state index in [0.29, 0.717) is 47.9 Å². The van der Waals surface area contributed by atoms with Gasteiger partial charge < -0.3 is 42.6 Å². The topological polar surface area (TPSA) is 520 Å². The number of rotatable bonds is 24. The molecule has 2 aromatic heterocycles. The average Bonchev–Trinajstić information content (AvgIpc) is 1.60. The summed E-state index contributed by atoms with van der Waals surface area (Å²) < 4.78 is 221. The summed E-state index contributed by atoms with van der Waals surface area (Å²) in [7, 11) is -16.1. The van der Waals surface area contributed by atoms with Crippen molar-refractivity contribution in [3.05, 3.63) is 230 Å². The number of ketones is 2. The second-order valence-electron chi connectivity index (χ2n) is 34.4. The van der Waals surface area contributed by atoms with Crippen molar-refractivity contribution in [2.24, 2.45) is 5.41 Å². The third-order valence-corrected chi connectivity index (χ3v) is 29.8. The number of nitrogens with zero attached hydrogens (tertiary/aromatic N) is 4. The highest BCUT2D eigenvalue weighted by Crippen LogP contribution is 2.61. The molecule has 4 aromatic carbocycles. The Bertz CT molecular complexity index is 6270. The maximum Gasteiger partial charge on any atom is 0.479 e. The van der Waals surface area contributed by atoms with Crippen LogP contribution in [0.5, 0.6) is 0 Å². The van der Waals surface area contributed by atoms with E-state index in [-0.39, 0.29) is 32.7 Å². The number of allylic oxidation sites excluding steroid dienone is 2. The number of phosphoric acid groups is 2. The Balaban J connectivity index is 0.000000158. The fraction of sp³-hybridized carbons (Fsp3) is 0.488. The van der Waals surface area contributed by atoms with E-state index in [4.69, 9.17) is 134 Å². The first-order chi connectivity index (χ1) is 66.2. The minimum atomic E-state index is -4.24. The lowest BCUT2D eigenvalue weighted by Crippen LogP contribution is -2.52. The number of halogens is 8. The number of phosphoric ester groups is 2. The van der Waals surface area contributed by atoms with Gasteiger partial charge in [0.05, 0.1) is 58.6 Å². The van der Waals surface area contributed by atoms with Crippen molar-refractivity contribution in [1.29, 1.82) is 0 Å². The first-order valence-electron chi connectivity index (χ1n) is 43.1. The molecule has 0 spiro atoms. The fourth-order valence-electron chi connectivity index (χ4n) is 16.1. The van der Waals surface area contributed by atoms with Gasteiger partial charge in [-0.1, -0.05) is 110 Å². The molecule has 4 N–H and O–H groups in total. The Labute approximate surface area is 819 Å². The van der Waals surface area contributed by atoms with Crippen molar-refractivity contribution >= 4 is 125 Å². The van der Waals surface area contributed by atoms with Crippen molar-refractivity contribution in [3.8, 4) is 0 Å². The number of carbonyl (C=O) groups is 8. The summed E-state index contributed by atoms with van der Waals surface area (Å²) in [5.41, 5.74) is -10.1. The zero-order valence-electron chi connectivity index (χ0n) is 76.3. The molecule has 55 heteroatoms. The lowest BCUT2D eigenvalue weighted by Gasteiger charge is -2.42. The first-order valence-corrected chi connectivity index (χ1v) is 50.6. The van der Waals surface area contributed by atoms with E-state index in [1.807, 2.05) is 23.8 Å². The van der Waals surface area contributed by atoms with Gasteiger partial charge in [0.25, 0.3) is 11.1 Å². The molecule has 766 valence electrons. The lowest BCUT2D eigenvalue weighted by molar-refractivity contribution is -0.191. The molecule has 0 bridgehead atoms. The number of aromatic nitrogens is 4. The summed E-state index contributed by atoms with van der Waals surface area (Å²) >= 11 is 24.1. The maximum atomic E-state index is 16.0. The Morgan fingerprint density at radius 3 is 1.34 bits per heavy atom. The molecule has 7 unspecified atom stereocenters. The zero-order chi connectivity index (χ0) is 103. The molecule has 16 rings (SSSR count). The van der Waals surface area contributed by atoms with Crippen molar-refractivity contribution in [2.45, 2.75) is 217 Å². The lowest BCUT2D eigenvalue weighted by atomic mass is 9.83. The molecule has 7 fully saturated rings. The van der Waals surface area contributed by atoms with Crippen LogP contribution in [-0.4, -0.2) is 206 Å². The number of H-pyrrole nitrogens is 2. The molecule has 0 saturated carbocycles. The third kappa shape index (κ3) is 26.1. The van der Waals surface area contributed by atoms with E-state index in [2.05, 4.69) is 10.2 Å². The van der Waals surface area contributed by atoms with Crippen molar-refractivity contribution in [1.82, 2.24) is 39.1 Å². The van der Waals surface area contributed by atoms with Gasteiger partial charge in [-0.15, -0.1) is 0 Å². The molecule has 12 heterocycles. The molecule has 10 aliphatic heterocycles. The number of aromatic amines is 2. The molecule has 23 atom stereocenters. The van der Waals surface area contributed by atoms with Crippen molar-refractivity contribution in [2.75, 3.05) is 46.3 Å². The SMILES string of the molecule is CC(=O)O[C@@H]1[C@@H](COP2(=O)NCC(C)(C)C(c3cccc(Cl)c3)O2)O[C@@H](N2C=CC(=O)CC2=O)[C@]1(C)F.CC(=O)O[C@@H]1[C@@H](COP2(=O)NCC(c3cccc(Cl)c3)O2)O[C@@H](n2ccc(=O)[nH]c2=O)[C@]1(C)F.CC(=O)O[C@@H]1[C@@H](COP2(=O)OCOC(c3cccc(Cl)c3)O2)O[C@@H](n2ccc(=O)[nH]c2=O)[C@]1(C)F.CCC(=O)O[C@@H]1[C@@H](COP2(=O)OCc3ccc(Cl)cc3CO2)O[C@@H](N2C=CC(=O)CC2=O)[C@]1(C)F. The van der Waals surface area contributed by atoms with Gasteiger partial charge in [-0.3, -0.25) is 122 Å². The fourth-order valence-corrected chi connectivity index (χ4v) is 22.6. The van der Waals surface area contributed by atoms with Crippen LogP contribution in [-0.2, 0) is 158 Å². The number of benzene rings is 4. The van der Waals surface area contributed by atoms with Gasteiger partial charge in [0.15, 0.2) is 96.7 Å². The molecule has 141 heavy (non-hydrogen) atoms. The molecular formula is C86H96Cl4F4N8O35P4. The summed E-state index contributed by atoms with van der Waals surface area (Å²) in [4.78, 5) is 148. The van der Waals surface area contributed by atoms with E-state index in [0.717, 1.165) is 116 Å². The summed E-state index contributed by atoms with van der Waals surface area (Å²) in [6.07, 6.45) is -14.0. The standard InChI is InChI=1S/C24H29ClFN2O8P.C22H24ClFNO9P.C20H22ClFN3O8P.C20H21ClFN2O10P/c1-14(29)34-21-18(35-22(24(21,4)26)28-9-8-17(30)11-19(28)31)12-33-37(32)27-13-23(2,3)20(36-37)15-6-5-7-16(25)10-15;1-3-19(28)34-20-17(33-21(22(20,2)24)25-7-6-16(26)9-18(25)27)12-32-35(29)30-10-13-4-5-15(23)8-14(13)11-31-35;1-11(26)31-17-15(32-18(20(17,2)22)25-7-6-16(27)24-19(25)28)10-30-34(29)23-9-14(33-34)12-4-3-5-13(21)8-12;1-11(25)32-16-14(33-18(20(16,2)22)24-7-6-15(26)23-19(24)27)9-30-35(28)31-10-29-17(34-35)12-4-3-5-13(21)8-12/h5-10,18,20-22H,11-13H2,1-4H3,(H,27,32);4-8,17,20-21H,3,9-12H2,1-2H3;3-8,14-15,17-18H,9-10H2,1-2H3,(H,23,29)(H,24,27,28);3-8,14,16-18H,9-10H2,1-2H3,(H,23,26,27)/t18-,20?,21-,22-,24-,37?;17-,20-,21-,22-,35?;14?,15-,17-,18-,20-,34?;14-,16-,17?,18-,20-,35?/m1111/s1. The van der Waals surface area contributed by atoms with Crippen LogP contribution in [0.4, 0.5) is 17.6 Å². The van der Waals surface area contributed by atoms with E-state index >= 15 is 17.6 Å². The summed E-state index contributed by atoms with van der Waals surface area (Å²) in [6.45, 7) is 10.8. The van der Waals surface area contributed by atoms with Gasteiger partial charge in [0.1, 0.15) is 30.5 Å². The monoisotopic (exact) mass is 2140 g/mol. The molecule has 0 aliphatic carbocycles. The van der Waals surface area contributed by atoms with E-state index in [9.17, 15) is 75.8 Å². The van der Waals surface area contributed by atoms with Gasteiger partial charge in [-0.2, -0.15) is 0 Å². The van der Waals surface area contributed by atoms with Crippen LogP contribution in [0.2, 0.25) is 20.1 Å². The number of hydrogen-bond acceptors (Lipinski definition) is 35. The number of nitrogens with one attached hydrogen (secondary N) is 4. The van der Waals surface area contributed by atoms with Gasteiger partial charge in [0.2, 0.25) is 11.8 Å². The van der Waals surface area contributed by atoms with Crippen LogP contribution in [0, 0.1) is 5.41 Å². The highest BCUT2D eigenvalue weighted by molar-refractivity contribution is 7.52. The molecule has 43 nitrogen and oxygen atoms in total. The van der Waals surface area contributed by atoms with Gasteiger partial charge >= 0.3 is 66.4 Å². The number of fused-ring (bicyclic) bond motifs is 1. The second-order valence-corrected chi connectivity index (χ2v) is 43.0. The Hall–Kier alpha value is -9.00. The van der Waals surface area contributed by atoms with Crippen molar-refractivity contribution < 1.29 is 162 Å². The van der Waals surface area contributed by atoms with E-state index < -0.39 is 267 Å². The number of alkyl halides is 4. The third-order valence-electron chi connectivity index (χ3n) is 23.0. The summed E-state index contributed by atoms with van der Waals surface area (Å²) in [5, 5.41) is 7.31. The summed E-state index contributed by atoms with van der Waals surface area (Å²) in [6, 6.07) is 27.3. The number of carbonyl (C=O) groups excluding carboxylic acids is 8. The van der Waals surface area contributed by atoms with E-state index in [1.165, 1.54) is 6.92 Å². The van der Waals surface area contributed by atoms with Gasteiger partial charge in [0, 0.05) is 108 Å². The van der Waals surface area contributed by atoms with Crippen LogP contribution in [0.25, 0.3) is 0 Å². The predicted molar refractivity (Wildman–Crippen MR) is 482 cm³/mol. The number of hydrogen-bond donors (Lipinski definition) is 4. The van der Waals surface area contributed by atoms with Crippen LogP contribution in [0.1, 0.15) is 147 Å². The second kappa shape index (κ2) is 44.5. The van der Waals surface area contributed by atoms with Gasteiger partial charge in [-0.05, 0) is 111 Å². The predicted octanol–water partition coefficient (Wildman–Crippen LogP) is 12.3. The number of esters is 4. The number of ether oxygens (including phenoxy) is 9. The molecular weight excluding hydrogens is 2050 g/mol. The average molecular weight is 2140 g/mol. The largest absolute Gasteiger partial charge is 0.479 e. The smallest absolute Gasteiger partial charge is 0.456 e. The van der Waals surface area contributed by atoms with Crippen LogP contribution in [0.3, 0.4) is 0 Å². The molecule has 10 aliphatic rings. The maximum absolute atomic E-state index is 16.0. The normalized spacial score (nSPS) is 33.7. The van der Waals surface area contributed by atoms with Crippen molar-refractivity contribution in [3.63, 3.8) is 0 Å². The Kier molecular flexibility index (Phi) is 34.5. The quantitative estimate of drug-likeness (QED) is 0.0144. The molecule has 6 aromatic rings. The van der Waals surface area contributed by atoms with Gasteiger partial charge in [-0.25, -0.2) is 55.6 Å². The minimum Gasteiger partial charge on any atom is -0.456 e. The number of amides is 2. The summed E-state index contributed by atoms with van der Waals surface area (Å²) in [5.74, 6) is -5.29. The van der Waals surface area contributed by atoms with Crippen LogP contribution < -0.4 is 32.7 Å². The van der Waals surface area contributed by atoms with Crippen LogP contribution in [0.15, 0.2) is 159 Å². The highest BCUT2D eigenvalue weighted by Gasteiger charge is 2.65. The minimum absolute atomic E-state index is 0.0343. The molecule has 2 amide bonds. The van der Waals surface area contributed by atoms with E-state index in [1.54, 1.807) is 91.0 Å². The van der Waals surface area contributed by atoms with Crippen LogP contribution >= 0.6 is 77.5 Å². The Morgan fingerprint density at radius 1 is 0.468 bits per heavy atom. The first kappa shape index (κ1) is 109. The molecule has 0 radical (unpaired) electrons.